The van der Waals surface area contributed by atoms with Gasteiger partial charge in [0.2, 0.25) is 0 Å². The van der Waals surface area contributed by atoms with Crippen LogP contribution in [0.3, 0.4) is 0 Å². The van der Waals surface area contributed by atoms with Crippen LogP contribution in [0.25, 0.3) is 5.69 Å². The Morgan fingerprint density at radius 1 is 1.27 bits per heavy atom. The van der Waals surface area contributed by atoms with Crippen molar-refractivity contribution in [2.24, 2.45) is 0 Å². The van der Waals surface area contributed by atoms with Gasteiger partial charge >= 0.3 is 0 Å². The fourth-order valence-corrected chi connectivity index (χ4v) is 1.35. The number of tetrazole rings is 1. The monoisotopic (exact) mass is 203 g/mol. The Labute approximate surface area is 88.1 Å². The molecule has 0 amide bonds. The molecule has 2 aromatic rings. The second-order valence-corrected chi connectivity index (χ2v) is 3.29. The van der Waals surface area contributed by atoms with Crippen LogP contribution in [0.5, 0.6) is 0 Å². The van der Waals surface area contributed by atoms with E-state index < -0.39 is 0 Å². The Hall–Kier alpha value is -1.75. The fourth-order valence-electron chi connectivity index (χ4n) is 1.35. The molecule has 1 N–H and O–H groups in total. The molecule has 0 aliphatic rings. The summed E-state index contributed by atoms with van der Waals surface area (Å²) in [4.78, 5) is 0. The second kappa shape index (κ2) is 4.18. The molecule has 1 heterocycles. The van der Waals surface area contributed by atoms with Crippen molar-refractivity contribution >= 4 is 0 Å². The second-order valence-electron chi connectivity index (χ2n) is 3.29. The fraction of sp³-hybridized carbons (Fsp3) is 0.300. The highest BCUT2D eigenvalue weighted by molar-refractivity contribution is 5.30. The number of hydrogen-bond acceptors (Lipinski definition) is 4. The Morgan fingerprint density at radius 3 is 2.67 bits per heavy atom. The van der Waals surface area contributed by atoms with Gasteiger partial charge in [-0.2, -0.15) is 4.68 Å². The molecular weight excluding hydrogens is 190 g/mol. The van der Waals surface area contributed by atoms with E-state index in [2.05, 4.69) is 20.8 Å². The number of aromatic nitrogens is 4. The van der Waals surface area contributed by atoms with Gasteiger partial charge in [0.15, 0.2) is 5.82 Å². The predicted octanol–water partition coefficient (Wildman–Crippen LogP) is 0.943. The summed E-state index contributed by atoms with van der Waals surface area (Å²) >= 11 is 0. The lowest BCUT2D eigenvalue weighted by atomic mass is 10.3. The van der Waals surface area contributed by atoms with Crippen molar-refractivity contribution in [2.45, 2.75) is 13.0 Å². The van der Waals surface area contributed by atoms with Crippen molar-refractivity contribution in [3.63, 3.8) is 0 Å². The van der Waals surface area contributed by atoms with E-state index in [1.165, 1.54) is 0 Å². The van der Waals surface area contributed by atoms with Crippen molar-refractivity contribution in [1.82, 2.24) is 25.5 Å². The highest BCUT2D eigenvalue weighted by atomic mass is 15.5. The SMILES string of the molecule is CNC(C)c1nnnn1-c1ccccc1. The van der Waals surface area contributed by atoms with Crippen LogP contribution in [0.4, 0.5) is 0 Å². The summed E-state index contributed by atoms with van der Waals surface area (Å²) < 4.78 is 1.74. The number of nitrogens with zero attached hydrogens (tertiary/aromatic N) is 4. The van der Waals surface area contributed by atoms with Crippen molar-refractivity contribution in [3.05, 3.63) is 36.2 Å². The third kappa shape index (κ3) is 1.87. The van der Waals surface area contributed by atoms with Gasteiger partial charge < -0.3 is 5.32 Å². The van der Waals surface area contributed by atoms with Crippen LogP contribution in [0.2, 0.25) is 0 Å². The van der Waals surface area contributed by atoms with Gasteiger partial charge in [0, 0.05) is 0 Å². The van der Waals surface area contributed by atoms with Crippen molar-refractivity contribution in [3.8, 4) is 5.69 Å². The average Bonchev–Trinajstić information content (AvgIpc) is 2.78. The minimum Gasteiger partial charge on any atom is -0.311 e. The number of hydrogen-bond donors (Lipinski definition) is 1. The molecule has 0 aliphatic heterocycles. The average molecular weight is 203 g/mol. The molecule has 0 saturated carbocycles. The van der Waals surface area contributed by atoms with Crippen LogP contribution in [0, 0.1) is 0 Å². The Bertz CT molecular complexity index is 422. The van der Waals surface area contributed by atoms with E-state index in [1.807, 2.05) is 44.3 Å². The molecule has 0 fully saturated rings. The molecule has 15 heavy (non-hydrogen) atoms. The first-order valence-corrected chi connectivity index (χ1v) is 4.84. The topological polar surface area (TPSA) is 55.6 Å². The minimum atomic E-state index is 0.125. The van der Waals surface area contributed by atoms with Gasteiger partial charge in [-0.3, -0.25) is 0 Å². The Kier molecular flexibility index (Phi) is 2.73. The smallest absolute Gasteiger partial charge is 0.173 e. The first-order valence-electron chi connectivity index (χ1n) is 4.84. The molecular formula is C10H13N5. The van der Waals surface area contributed by atoms with Gasteiger partial charge in [0.1, 0.15) is 0 Å². The molecule has 0 radical (unpaired) electrons. The Morgan fingerprint density at radius 2 is 2.00 bits per heavy atom. The van der Waals surface area contributed by atoms with Gasteiger partial charge in [-0.15, -0.1) is 5.10 Å². The molecule has 1 aromatic heterocycles. The van der Waals surface area contributed by atoms with Crippen LogP contribution in [-0.2, 0) is 0 Å². The maximum Gasteiger partial charge on any atom is 0.173 e. The third-order valence-corrected chi connectivity index (χ3v) is 2.31. The maximum absolute atomic E-state index is 4.00. The number of para-hydroxylation sites is 1. The van der Waals surface area contributed by atoms with E-state index >= 15 is 0 Å². The van der Waals surface area contributed by atoms with E-state index in [0.717, 1.165) is 11.5 Å². The summed E-state index contributed by atoms with van der Waals surface area (Å²) in [5.41, 5.74) is 0.972. The third-order valence-electron chi connectivity index (χ3n) is 2.31. The molecule has 1 atom stereocenters. The molecule has 5 nitrogen and oxygen atoms in total. The van der Waals surface area contributed by atoms with Gasteiger partial charge in [-0.25, -0.2) is 0 Å². The lowest BCUT2D eigenvalue weighted by molar-refractivity contribution is 0.588. The van der Waals surface area contributed by atoms with E-state index in [0.29, 0.717) is 0 Å². The molecule has 1 aromatic carbocycles. The molecule has 0 saturated heterocycles. The van der Waals surface area contributed by atoms with E-state index in [4.69, 9.17) is 0 Å². The molecule has 0 bridgehead atoms. The highest BCUT2D eigenvalue weighted by Gasteiger charge is 2.13. The molecule has 2 rings (SSSR count). The standard InChI is InChI=1S/C10H13N5/c1-8(11-2)10-12-13-14-15(10)9-6-4-3-5-7-9/h3-8,11H,1-2H3. The largest absolute Gasteiger partial charge is 0.311 e. The van der Waals surface area contributed by atoms with Crippen molar-refractivity contribution < 1.29 is 0 Å². The van der Waals surface area contributed by atoms with Crippen LogP contribution < -0.4 is 5.32 Å². The van der Waals surface area contributed by atoms with Gasteiger partial charge in [0.05, 0.1) is 11.7 Å². The molecule has 1 unspecified atom stereocenters. The van der Waals surface area contributed by atoms with Gasteiger partial charge in [-0.05, 0) is 36.5 Å². The quantitative estimate of drug-likeness (QED) is 0.806. The summed E-state index contributed by atoms with van der Waals surface area (Å²) in [5, 5.41) is 14.8. The first-order chi connectivity index (χ1) is 7.33. The van der Waals surface area contributed by atoms with Gasteiger partial charge in [-0.1, -0.05) is 18.2 Å². The summed E-state index contributed by atoms with van der Waals surface area (Å²) in [6.45, 7) is 2.02. The van der Waals surface area contributed by atoms with Crippen molar-refractivity contribution in [2.75, 3.05) is 7.05 Å². The number of benzene rings is 1. The molecule has 0 spiro atoms. The minimum absolute atomic E-state index is 0.125. The van der Waals surface area contributed by atoms with Gasteiger partial charge in [0.25, 0.3) is 0 Å². The Balaban J connectivity index is 2.41. The van der Waals surface area contributed by atoms with Crippen LogP contribution >= 0.6 is 0 Å². The summed E-state index contributed by atoms with van der Waals surface area (Å²) in [7, 11) is 1.88. The highest BCUT2D eigenvalue weighted by Crippen LogP contribution is 2.12. The molecule has 0 aliphatic carbocycles. The zero-order valence-corrected chi connectivity index (χ0v) is 8.75. The lowest BCUT2D eigenvalue weighted by Gasteiger charge is -2.09. The zero-order chi connectivity index (χ0) is 10.7. The number of rotatable bonds is 3. The predicted molar refractivity (Wildman–Crippen MR) is 56.6 cm³/mol. The number of nitrogens with one attached hydrogen (secondary N) is 1. The maximum atomic E-state index is 4.00. The van der Waals surface area contributed by atoms with E-state index in [9.17, 15) is 0 Å². The zero-order valence-electron chi connectivity index (χ0n) is 8.75. The van der Waals surface area contributed by atoms with E-state index in [-0.39, 0.29) is 6.04 Å². The van der Waals surface area contributed by atoms with Crippen LogP contribution in [0.1, 0.15) is 18.8 Å². The van der Waals surface area contributed by atoms with Crippen molar-refractivity contribution in [1.29, 1.82) is 0 Å². The molecule has 5 heteroatoms. The summed E-state index contributed by atoms with van der Waals surface area (Å²) in [6.07, 6.45) is 0. The van der Waals surface area contributed by atoms with Crippen LogP contribution in [0.15, 0.2) is 30.3 Å². The normalized spacial score (nSPS) is 12.7. The van der Waals surface area contributed by atoms with Crippen LogP contribution in [-0.4, -0.2) is 27.3 Å². The summed E-state index contributed by atoms with van der Waals surface area (Å²) in [5.74, 6) is 0.809. The van der Waals surface area contributed by atoms with E-state index in [1.54, 1.807) is 4.68 Å². The lowest BCUT2D eigenvalue weighted by Crippen LogP contribution is -2.17. The first kappa shape index (κ1) is 9.79. The summed E-state index contributed by atoms with van der Waals surface area (Å²) in [6, 6.07) is 9.97. The molecule has 78 valence electrons.